The molecule has 8 nitrogen and oxygen atoms in total. The molecule has 4 aromatic rings. The highest BCUT2D eigenvalue weighted by atomic mass is 16.5. The Morgan fingerprint density at radius 2 is 1.90 bits per heavy atom. The number of rotatable bonds is 5. The lowest BCUT2D eigenvalue weighted by Crippen LogP contribution is -2.08. The molecule has 0 amide bonds. The van der Waals surface area contributed by atoms with Crippen LogP contribution in [0.4, 0.5) is 0 Å². The van der Waals surface area contributed by atoms with Crippen LogP contribution in [0.2, 0.25) is 0 Å². The van der Waals surface area contributed by atoms with Crippen LogP contribution in [-0.4, -0.2) is 43.0 Å². The highest BCUT2D eigenvalue weighted by Crippen LogP contribution is 2.55. The van der Waals surface area contributed by atoms with Crippen LogP contribution in [0.1, 0.15) is 40.0 Å². The molecule has 0 radical (unpaired) electrons. The molecule has 2 atom stereocenters. The maximum Gasteiger partial charge on any atom is 0.341 e. The summed E-state index contributed by atoms with van der Waals surface area (Å²) in [5.74, 6) is 0.0789. The number of aromatic hydroxyl groups is 1. The van der Waals surface area contributed by atoms with Crippen molar-refractivity contribution >= 4 is 5.97 Å². The number of phenolic OH excluding ortho intramolecular Hbond substituents is 1. The lowest BCUT2D eigenvalue weighted by molar-refractivity contribution is 0.0599. The fraction of sp³-hybridized carbons (Fsp3) is 0.217. The summed E-state index contributed by atoms with van der Waals surface area (Å²) in [4.78, 5) is 12.4. The number of aromatic nitrogens is 5. The minimum atomic E-state index is -0.407. The lowest BCUT2D eigenvalue weighted by Gasteiger charge is -2.11. The normalized spacial score (nSPS) is 17.5. The van der Waals surface area contributed by atoms with E-state index >= 15 is 0 Å². The van der Waals surface area contributed by atoms with Gasteiger partial charge < -0.3 is 9.84 Å². The summed E-state index contributed by atoms with van der Waals surface area (Å²) >= 11 is 0. The summed E-state index contributed by atoms with van der Waals surface area (Å²) in [5.41, 5.74) is 4.85. The predicted octanol–water partition coefficient (Wildman–Crippen LogP) is 3.43. The molecule has 0 aliphatic heterocycles. The Balaban J connectivity index is 1.57. The Morgan fingerprint density at radius 1 is 1.13 bits per heavy atom. The van der Waals surface area contributed by atoms with Gasteiger partial charge >= 0.3 is 5.97 Å². The van der Waals surface area contributed by atoms with Gasteiger partial charge in [-0.25, -0.2) is 9.48 Å². The van der Waals surface area contributed by atoms with E-state index < -0.39 is 5.97 Å². The zero-order chi connectivity index (χ0) is 21.5. The number of phenols is 1. The van der Waals surface area contributed by atoms with Crippen molar-refractivity contribution in [2.24, 2.45) is 7.05 Å². The van der Waals surface area contributed by atoms with E-state index in [4.69, 9.17) is 4.74 Å². The molecule has 5 rings (SSSR count). The fourth-order valence-corrected chi connectivity index (χ4v) is 4.05. The average Bonchev–Trinajstić information content (AvgIpc) is 3.23. The molecular weight excluding hydrogens is 394 g/mol. The number of hydrogen-bond acceptors (Lipinski definition) is 6. The minimum absolute atomic E-state index is 0.0951. The Kier molecular flexibility index (Phi) is 4.54. The molecule has 0 saturated heterocycles. The van der Waals surface area contributed by atoms with Crippen LogP contribution in [0.3, 0.4) is 0 Å². The summed E-state index contributed by atoms with van der Waals surface area (Å²) < 4.78 is 8.49. The molecule has 1 saturated carbocycles. The average molecular weight is 415 g/mol. The van der Waals surface area contributed by atoms with Crippen LogP contribution < -0.4 is 0 Å². The van der Waals surface area contributed by atoms with Crippen LogP contribution >= 0.6 is 0 Å². The van der Waals surface area contributed by atoms with Gasteiger partial charge in [0.25, 0.3) is 0 Å². The first-order chi connectivity index (χ1) is 15.0. The molecule has 2 heterocycles. The zero-order valence-electron chi connectivity index (χ0n) is 17.1. The number of nitrogens with zero attached hydrogens (tertiary/aromatic N) is 5. The van der Waals surface area contributed by atoms with E-state index in [1.54, 1.807) is 27.7 Å². The quantitative estimate of drug-likeness (QED) is 0.502. The predicted molar refractivity (Wildman–Crippen MR) is 113 cm³/mol. The first kappa shape index (κ1) is 19.0. The van der Waals surface area contributed by atoms with Crippen molar-refractivity contribution in [3.8, 4) is 22.6 Å². The molecule has 2 aromatic carbocycles. The summed E-state index contributed by atoms with van der Waals surface area (Å²) in [6.45, 7) is 0. The van der Waals surface area contributed by atoms with Crippen molar-refractivity contribution in [1.82, 2.24) is 24.8 Å². The number of methoxy groups -OCH3 is 1. The Morgan fingerprint density at radius 3 is 2.61 bits per heavy atom. The monoisotopic (exact) mass is 415 g/mol. The SMILES string of the molecule is COC(=O)c1cnn(-c2cccc(-c3cccc(O)c3)c2)c1C1CC1c1cn(C)nn1. The van der Waals surface area contributed by atoms with E-state index in [9.17, 15) is 9.90 Å². The maximum atomic E-state index is 12.4. The Hall–Kier alpha value is -3.94. The minimum Gasteiger partial charge on any atom is -0.508 e. The third-order valence-electron chi connectivity index (χ3n) is 5.62. The molecule has 31 heavy (non-hydrogen) atoms. The number of hydrogen-bond donors (Lipinski definition) is 1. The molecule has 156 valence electrons. The molecule has 1 N–H and O–H groups in total. The van der Waals surface area contributed by atoms with Crippen molar-refractivity contribution in [1.29, 1.82) is 0 Å². The zero-order valence-corrected chi connectivity index (χ0v) is 17.1. The van der Waals surface area contributed by atoms with Gasteiger partial charge in [-0.15, -0.1) is 5.10 Å². The van der Waals surface area contributed by atoms with Crippen LogP contribution in [0, 0.1) is 0 Å². The van der Waals surface area contributed by atoms with E-state index in [0.717, 1.165) is 34.6 Å². The van der Waals surface area contributed by atoms with Crippen LogP contribution in [0.25, 0.3) is 16.8 Å². The van der Waals surface area contributed by atoms with Crippen LogP contribution in [0.15, 0.2) is 60.9 Å². The summed E-state index contributed by atoms with van der Waals surface area (Å²) in [7, 11) is 3.21. The van der Waals surface area contributed by atoms with Gasteiger partial charge in [0.1, 0.15) is 11.3 Å². The van der Waals surface area contributed by atoms with Crippen molar-refractivity contribution in [2.75, 3.05) is 7.11 Å². The maximum absolute atomic E-state index is 12.4. The van der Waals surface area contributed by atoms with Gasteiger partial charge in [0.15, 0.2) is 0 Å². The van der Waals surface area contributed by atoms with E-state index in [-0.39, 0.29) is 17.6 Å². The van der Waals surface area contributed by atoms with Gasteiger partial charge in [0.05, 0.1) is 30.4 Å². The number of esters is 1. The van der Waals surface area contributed by atoms with Crippen LogP contribution in [-0.2, 0) is 11.8 Å². The van der Waals surface area contributed by atoms with Gasteiger partial charge in [0.2, 0.25) is 0 Å². The largest absolute Gasteiger partial charge is 0.508 e. The Bertz CT molecular complexity index is 1280. The van der Waals surface area contributed by atoms with Gasteiger partial charge in [-0.3, -0.25) is 4.68 Å². The van der Waals surface area contributed by atoms with Crippen molar-refractivity contribution < 1.29 is 14.6 Å². The molecule has 0 bridgehead atoms. The first-order valence-electron chi connectivity index (χ1n) is 9.97. The molecule has 2 aromatic heterocycles. The van der Waals surface area contributed by atoms with Crippen molar-refractivity contribution in [3.63, 3.8) is 0 Å². The highest BCUT2D eigenvalue weighted by molar-refractivity contribution is 5.91. The number of carbonyl (C=O) groups excluding carboxylic acids is 1. The smallest absolute Gasteiger partial charge is 0.341 e. The second kappa shape index (κ2) is 7.39. The third-order valence-corrected chi connectivity index (χ3v) is 5.62. The van der Waals surface area contributed by atoms with E-state index in [1.165, 1.54) is 7.11 Å². The number of benzene rings is 2. The fourth-order valence-electron chi connectivity index (χ4n) is 4.05. The third kappa shape index (κ3) is 3.46. The Labute approximate surface area is 178 Å². The summed E-state index contributed by atoms with van der Waals surface area (Å²) in [6.07, 6.45) is 4.33. The first-order valence-corrected chi connectivity index (χ1v) is 9.97. The van der Waals surface area contributed by atoms with Crippen LogP contribution in [0.5, 0.6) is 5.75 Å². The molecule has 2 unspecified atom stereocenters. The number of carbonyl (C=O) groups is 1. The number of aryl methyl sites for hydroxylation is 1. The second-order valence-corrected chi connectivity index (χ2v) is 7.71. The van der Waals surface area contributed by atoms with Gasteiger partial charge in [-0.2, -0.15) is 5.10 Å². The molecule has 8 heteroatoms. The molecule has 1 fully saturated rings. The lowest BCUT2D eigenvalue weighted by atomic mass is 10.0. The van der Waals surface area contributed by atoms with Gasteiger partial charge in [-0.05, 0) is 41.8 Å². The van der Waals surface area contributed by atoms with Gasteiger partial charge in [-0.1, -0.05) is 29.5 Å². The molecule has 1 aliphatic carbocycles. The van der Waals surface area contributed by atoms with Crippen molar-refractivity contribution in [2.45, 2.75) is 18.3 Å². The standard InChI is InChI=1S/C23H21N5O3/c1-27-13-21(25-26-27)18-11-19(18)22-20(23(30)31-2)12-24-28(22)16-7-3-5-14(9-16)15-6-4-8-17(29)10-15/h3-10,12-13,18-19,29H,11H2,1-2H3. The summed E-state index contributed by atoms with van der Waals surface area (Å²) in [6, 6.07) is 15.0. The summed E-state index contributed by atoms with van der Waals surface area (Å²) in [5, 5.41) is 22.6. The van der Waals surface area contributed by atoms with E-state index in [2.05, 4.69) is 15.4 Å². The van der Waals surface area contributed by atoms with Crippen molar-refractivity contribution in [3.05, 3.63) is 77.9 Å². The molecule has 0 spiro atoms. The molecular formula is C23H21N5O3. The van der Waals surface area contributed by atoms with E-state index in [1.807, 2.05) is 49.6 Å². The van der Waals surface area contributed by atoms with E-state index in [0.29, 0.717) is 5.56 Å². The second-order valence-electron chi connectivity index (χ2n) is 7.71. The molecule has 1 aliphatic rings. The number of ether oxygens (including phenoxy) is 1. The topological polar surface area (TPSA) is 95.1 Å². The highest BCUT2D eigenvalue weighted by Gasteiger charge is 2.46. The van der Waals surface area contributed by atoms with Gasteiger partial charge in [0, 0.05) is 25.1 Å².